The van der Waals surface area contributed by atoms with Gasteiger partial charge in [-0.05, 0) is 55.0 Å². The zero-order valence-electron chi connectivity index (χ0n) is 22.5. The molecule has 3 fully saturated rings. The highest BCUT2D eigenvalue weighted by Gasteiger charge is 2.63. The highest BCUT2D eigenvalue weighted by Crippen LogP contribution is 2.49. The number of carbonyl (C=O) groups excluding carboxylic acids is 6. The maximum Gasteiger partial charge on any atom is 0.332 e. The smallest absolute Gasteiger partial charge is 0.332 e. The van der Waals surface area contributed by atoms with Gasteiger partial charge in [0.1, 0.15) is 5.57 Å². The third-order valence-electron chi connectivity index (χ3n) is 8.38. The summed E-state index contributed by atoms with van der Waals surface area (Å²) < 4.78 is 0. The first kappa shape index (κ1) is 26.6. The number of barbiturate groups is 2. The Kier molecular flexibility index (Phi) is 6.77. The lowest BCUT2D eigenvalue weighted by Gasteiger charge is -2.50. The van der Waals surface area contributed by atoms with Gasteiger partial charge in [0.2, 0.25) is 11.8 Å². The van der Waals surface area contributed by atoms with Gasteiger partial charge in [-0.3, -0.25) is 39.2 Å². The van der Waals surface area contributed by atoms with Gasteiger partial charge in [-0.15, -0.1) is 0 Å². The Bertz CT molecular complexity index is 1300. The number of carbonyl (C=O) groups is 6. The number of rotatable bonds is 6. The van der Waals surface area contributed by atoms with E-state index < -0.39 is 41.1 Å². The van der Waals surface area contributed by atoms with Crippen molar-refractivity contribution < 1.29 is 28.8 Å². The van der Waals surface area contributed by atoms with E-state index in [2.05, 4.69) is 17.1 Å². The highest BCUT2D eigenvalue weighted by molar-refractivity contribution is 6.31. The van der Waals surface area contributed by atoms with Crippen molar-refractivity contribution in [2.24, 2.45) is 5.41 Å². The Morgan fingerprint density at radius 2 is 1.72 bits per heavy atom. The Labute approximate surface area is 226 Å². The van der Waals surface area contributed by atoms with Gasteiger partial charge in [0.25, 0.3) is 11.8 Å². The van der Waals surface area contributed by atoms with Crippen LogP contribution in [0, 0.1) is 5.41 Å². The van der Waals surface area contributed by atoms with Crippen LogP contribution in [0.5, 0.6) is 0 Å². The van der Waals surface area contributed by atoms with Crippen LogP contribution in [-0.2, 0) is 25.6 Å². The Hall–Kier alpha value is -4.02. The Morgan fingerprint density at radius 1 is 1.00 bits per heavy atom. The van der Waals surface area contributed by atoms with Crippen molar-refractivity contribution in [1.29, 1.82) is 0 Å². The standard InChI is InChI=1S/C28H33N5O6/c1-4-5-6-7-12-33-23(35)19(22(34)29-26(33)38)15-17-10-11-20-18(14-17)16-28(21-9-8-13-32(20)21)24(36)30(2)27(39)31(3)25(28)37/h10-11,14-15,21H,4-9,12-13,16H2,1-3H3,(H,29,34,38). The minimum Gasteiger partial charge on any atom is -0.367 e. The number of benzene rings is 1. The molecule has 3 saturated heterocycles. The maximum atomic E-state index is 13.6. The zero-order chi connectivity index (χ0) is 28.1. The van der Waals surface area contributed by atoms with E-state index in [0.29, 0.717) is 24.9 Å². The van der Waals surface area contributed by atoms with Gasteiger partial charge in [-0.1, -0.05) is 32.3 Å². The lowest BCUT2D eigenvalue weighted by molar-refractivity contribution is -0.159. The average Bonchev–Trinajstić information content (AvgIpc) is 3.42. The molecule has 4 heterocycles. The average molecular weight is 536 g/mol. The summed E-state index contributed by atoms with van der Waals surface area (Å²) in [6, 6.07) is 3.70. The number of hydrogen-bond acceptors (Lipinski definition) is 7. The van der Waals surface area contributed by atoms with Gasteiger partial charge in [-0.25, -0.2) is 9.59 Å². The van der Waals surface area contributed by atoms with Crippen LogP contribution in [0.2, 0.25) is 0 Å². The Balaban J connectivity index is 1.49. The number of nitrogens with one attached hydrogen (secondary N) is 1. The van der Waals surface area contributed by atoms with Crippen LogP contribution in [0.15, 0.2) is 23.8 Å². The molecule has 1 unspecified atom stereocenters. The lowest BCUT2D eigenvalue weighted by atomic mass is 9.68. The molecule has 8 amide bonds. The van der Waals surface area contributed by atoms with Gasteiger partial charge in [0.05, 0.1) is 6.04 Å². The number of urea groups is 2. The molecule has 0 saturated carbocycles. The molecule has 0 aliphatic carbocycles. The van der Waals surface area contributed by atoms with Crippen LogP contribution in [0.25, 0.3) is 6.08 Å². The molecule has 1 atom stereocenters. The fourth-order valence-corrected chi connectivity index (χ4v) is 6.39. The van der Waals surface area contributed by atoms with Crippen LogP contribution in [0.3, 0.4) is 0 Å². The minimum absolute atomic E-state index is 0.0995. The van der Waals surface area contributed by atoms with Crippen molar-refractivity contribution in [2.45, 2.75) is 57.9 Å². The highest BCUT2D eigenvalue weighted by atomic mass is 16.2. The first-order chi connectivity index (χ1) is 18.6. The summed E-state index contributed by atoms with van der Waals surface area (Å²) in [6.07, 6.45) is 6.52. The van der Waals surface area contributed by atoms with Crippen molar-refractivity contribution in [3.8, 4) is 0 Å². The van der Waals surface area contributed by atoms with E-state index in [1.54, 1.807) is 12.1 Å². The van der Waals surface area contributed by atoms with Gasteiger partial charge in [0.15, 0.2) is 5.41 Å². The van der Waals surface area contributed by atoms with Crippen molar-refractivity contribution in [1.82, 2.24) is 20.0 Å². The second kappa shape index (κ2) is 9.94. The van der Waals surface area contributed by atoms with Gasteiger partial charge >= 0.3 is 12.1 Å². The second-order valence-electron chi connectivity index (χ2n) is 10.7. The zero-order valence-corrected chi connectivity index (χ0v) is 22.5. The normalized spacial score (nSPS) is 23.7. The third kappa shape index (κ3) is 4.11. The maximum absolute atomic E-state index is 13.6. The molecule has 1 spiro atoms. The van der Waals surface area contributed by atoms with Crippen LogP contribution in [0.4, 0.5) is 15.3 Å². The van der Waals surface area contributed by atoms with E-state index in [4.69, 9.17) is 0 Å². The predicted molar refractivity (Wildman–Crippen MR) is 141 cm³/mol. The summed E-state index contributed by atoms with van der Waals surface area (Å²) >= 11 is 0. The minimum atomic E-state index is -1.44. The van der Waals surface area contributed by atoms with E-state index in [9.17, 15) is 28.8 Å². The summed E-state index contributed by atoms with van der Waals surface area (Å²) in [5, 5.41) is 2.25. The molecule has 0 radical (unpaired) electrons. The number of nitrogens with zero attached hydrogens (tertiary/aromatic N) is 4. The number of anilines is 1. The van der Waals surface area contributed by atoms with Crippen LogP contribution < -0.4 is 10.2 Å². The van der Waals surface area contributed by atoms with Crippen molar-refractivity contribution >= 4 is 47.5 Å². The molecule has 1 N–H and O–H groups in total. The van der Waals surface area contributed by atoms with Gasteiger partial charge < -0.3 is 4.90 Å². The molecule has 4 aliphatic heterocycles. The number of fused-ring (bicyclic) bond motifs is 4. The molecule has 4 aliphatic rings. The van der Waals surface area contributed by atoms with Crippen LogP contribution >= 0.6 is 0 Å². The van der Waals surface area contributed by atoms with Gasteiger partial charge in [-0.2, -0.15) is 0 Å². The van der Waals surface area contributed by atoms with Crippen molar-refractivity contribution in [3.05, 3.63) is 34.9 Å². The van der Waals surface area contributed by atoms with Crippen LogP contribution in [-0.4, -0.2) is 83.6 Å². The van der Waals surface area contributed by atoms with E-state index >= 15 is 0 Å². The number of amides is 8. The summed E-state index contributed by atoms with van der Waals surface area (Å²) in [7, 11) is 2.79. The van der Waals surface area contributed by atoms with Crippen molar-refractivity contribution in [2.75, 3.05) is 32.1 Å². The van der Waals surface area contributed by atoms with E-state index in [1.165, 1.54) is 20.2 Å². The topological polar surface area (TPSA) is 127 Å². The molecular formula is C28H33N5O6. The molecule has 39 heavy (non-hydrogen) atoms. The molecule has 0 bridgehead atoms. The SMILES string of the molecule is CCCCCCN1C(=O)NC(=O)C(=Cc2ccc3c(c2)CC2(C(=O)N(C)C(=O)N(C)C2=O)C2CCCN32)C1=O. The number of imide groups is 4. The molecule has 11 nitrogen and oxygen atoms in total. The summed E-state index contributed by atoms with van der Waals surface area (Å²) in [5.74, 6) is -2.43. The monoisotopic (exact) mass is 535 g/mol. The summed E-state index contributed by atoms with van der Waals surface area (Å²) in [4.78, 5) is 82.9. The fraction of sp³-hybridized carbons (Fsp3) is 0.500. The molecule has 1 aromatic carbocycles. The van der Waals surface area contributed by atoms with Crippen molar-refractivity contribution in [3.63, 3.8) is 0 Å². The molecular weight excluding hydrogens is 502 g/mol. The lowest BCUT2D eigenvalue weighted by Crippen LogP contribution is -2.70. The van der Waals surface area contributed by atoms with Crippen LogP contribution in [0.1, 0.15) is 56.6 Å². The molecule has 11 heteroatoms. The fourth-order valence-electron chi connectivity index (χ4n) is 6.39. The summed E-state index contributed by atoms with van der Waals surface area (Å²) in [6.45, 7) is 2.96. The molecule has 5 rings (SSSR count). The quantitative estimate of drug-likeness (QED) is 0.256. The number of hydrogen-bond donors (Lipinski definition) is 1. The molecule has 206 valence electrons. The molecule has 0 aromatic heterocycles. The predicted octanol–water partition coefficient (Wildman–Crippen LogP) is 2.29. The second-order valence-corrected chi connectivity index (χ2v) is 10.7. The largest absolute Gasteiger partial charge is 0.367 e. The first-order valence-corrected chi connectivity index (χ1v) is 13.5. The van der Waals surface area contributed by atoms with E-state index in [-0.39, 0.29) is 24.6 Å². The molecule has 1 aromatic rings. The third-order valence-corrected chi connectivity index (χ3v) is 8.38. The number of unbranched alkanes of at least 4 members (excludes halogenated alkanes) is 3. The first-order valence-electron chi connectivity index (χ1n) is 13.5. The van der Waals surface area contributed by atoms with E-state index in [1.807, 2.05) is 6.07 Å². The van der Waals surface area contributed by atoms with Gasteiger partial charge in [0, 0.05) is 32.9 Å². The summed E-state index contributed by atoms with van der Waals surface area (Å²) in [5.41, 5.74) is 0.557. The van der Waals surface area contributed by atoms with E-state index in [0.717, 1.165) is 51.6 Å². The Morgan fingerprint density at radius 3 is 2.41 bits per heavy atom.